The fourth-order valence-electron chi connectivity index (χ4n) is 2.30. The number of benzene rings is 1. The van der Waals surface area contributed by atoms with E-state index in [0.29, 0.717) is 17.2 Å². The van der Waals surface area contributed by atoms with E-state index in [-0.39, 0.29) is 12.0 Å². The highest BCUT2D eigenvalue weighted by atomic mass is 16.5. The first-order valence-electron chi connectivity index (χ1n) is 6.70. The maximum Gasteiger partial charge on any atom is 0.144 e. The van der Waals surface area contributed by atoms with Gasteiger partial charge in [-0.05, 0) is 12.1 Å². The van der Waals surface area contributed by atoms with Crippen LogP contribution in [0.5, 0.6) is 11.5 Å². The van der Waals surface area contributed by atoms with Crippen molar-refractivity contribution in [2.24, 2.45) is 0 Å². The second-order valence-corrected chi connectivity index (χ2v) is 5.74. The van der Waals surface area contributed by atoms with E-state index in [9.17, 15) is 5.11 Å². The Morgan fingerprint density at radius 3 is 2.43 bits per heavy atom. The summed E-state index contributed by atoms with van der Waals surface area (Å²) in [6.07, 6.45) is 0. The molecule has 114 valence electrons. The Balaban J connectivity index is 2.69. The van der Waals surface area contributed by atoms with Crippen molar-refractivity contribution in [2.45, 2.75) is 32.8 Å². The second kappa shape index (κ2) is 5.73. The van der Waals surface area contributed by atoms with Crippen LogP contribution in [0.2, 0.25) is 0 Å². The average molecular weight is 291 g/mol. The quantitative estimate of drug-likeness (QED) is 0.934. The lowest BCUT2D eigenvalue weighted by Gasteiger charge is -2.22. The van der Waals surface area contributed by atoms with Gasteiger partial charge in [-0.2, -0.15) is 0 Å². The minimum Gasteiger partial charge on any atom is -0.497 e. The summed E-state index contributed by atoms with van der Waals surface area (Å²) in [7, 11) is 3.21. The molecule has 0 amide bonds. The van der Waals surface area contributed by atoms with Crippen molar-refractivity contribution in [3.63, 3.8) is 0 Å². The number of ether oxygens (including phenoxy) is 2. The zero-order valence-corrected chi connectivity index (χ0v) is 13.0. The van der Waals surface area contributed by atoms with Crippen LogP contribution >= 0.6 is 0 Å². The third-order valence-corrected chi connectivity index (χ3v) is 3.21. The highest BCUT2D eigenvalue weighted by molar-refractivity contribution is 5.52. The predicted molar refractivity (Wildman–Crippen MR) is 79.1 cm³/mol. The molecule has 0 spiro atoms. The first kappa shape index (κ1) is 15.3. The summed E-state index contributed by atoms with van der Waals surface area (Å²) >= 11 is 0. The third kappa shape index (κ3) is 2.85. The molecule has 2 aromatic rings. The van der Waals surface area contributed by atoms with Crippen LogP contribution in [0.25, 0.3) is 5.69 Å². The summed E-state index contributed by atoms with van der Waals surface area (Å²) in [5.41, 5.74) is 1.91. The molecule has 6 nitrogen and oxygen atoms in total. The molecule has 0 saturated heterocycles. The van der Waals surface area contributed by atoms with Crippen LogP contribution in [0.4, 0.5) is 0 Å². The normalized spacial score (nSPS) is 11.5. The zero-order valence-electron chi connectivity index (χ0n) is 13.0. The van der Waals surface area contributed by atoms with Gasteiger partial charge in [0.15, 0.2) is 0 Å². The zero-order chi connectivity index (χ0) is 15.6. The van der Waals surface area contributed by atoms with Gasteiger partial charge in [0.2, 0.25) is 0 Å². The molecule has 0 fully saturated rings. The van der Waals surface area contributed by atoms with Gasteiger partial charge in [-0.1, -0.05) is 26.0 Å². The maximum atomic E-state index is 9.50. The Morgan fingerprint density at radius 2 is 1.90 bits per heavy atom. The highest BCUT2D eigenvalue weighted by Crippen LogP contribution is 2.32. The highest BCUT2D eigenvalue weighted by Gasteiger charge is 2.27. The van der Waals surface area contributed by atoms with Gasteiger partial charge in [0.1, 0.15) is 22.9 Å². The number of aliphatic hydroxyl groups excluding tert-OH is 1. The molecule has 0 aliphatic heterocycles. The first-order valence-corrected chi connectivity index (χ1v) is 6.70. The lowest BCUT2D eigenvalue weighted by atomic mass is 9.90. The maximum absolute atomic E-state index is 9.50. The molecule has 1 aromatic heterocycles. The van der Waals surface area contributed by atoms with Crippen molar-refractivity contribution in [2.75, 3.05) is 14.2 Å². The lowest BCUT2D eigenvalue weighted by Crippen LogP contribution is -2.20. The largest absolute Gasteiger partial charge is 0.497 e. The smallest absolute Gasteiger partial charge is 0.144 e. The Morgan fingerprint density at radius 1 is 1.19 bits per heavy atom. The molecule has 0 radical (unpaired) electrons. The Kier molecular flexibility index (Phi) is 4.18. The number of rotatable bonds is 4. The summed E-state index contributed by atoms with van der Waals surface area (Å²) in [4.78, 5) is 0. The van der Waals surface area contributed by atoms with Gasteiger partial charge in [0.05, 0.1) is 26.5 Å². The van der Waals surface area contributed by atoms with Crippen molar-refractivity contribution in [3.8, 4) is 17.2 Å². The minimum absolute atomic E-state index is 0.154. The molecule has 0 aliphatic rings. The molecule has 0 bridgehead atoms. The van der Waals surface area contributed by atoms with Gasteiger partial charge in [-0.25, -0.2) is 4.68 Å². The number of hydrogen-bond acceptors (Lipinski definition) is 5. The average Bonchev–Trinajstić information content (AvgIpc) is 2.90. The fourth-order valence-corrected chi connectivity index (χ4v) is 2.30. The van der Waals surface area contributed by atoms with Crippen LogP contribution in [0.1, 0.15) is 32.2 Å². The Hall–Kier alpha value is -2.08. The molecule has 0 atom stereocenters. The van der Waals surface area contributed by atoms with Crippen molar-refractivity contribution in [3.05, 3.63) is 29.6 Å². The second-order valence-electron chi connectivity index (χ2n) is 5.74. The topological polar surface area (TPSA) is 69.4 Å². The Labute approximate surface area is 124 Å². The number of aromatic nitrogens is 3. The van der Waals surface area contributed by atoms with Crippen molar-refractivity contribution in [1.82, 2.24) is 15.0 Å². The van der Waals surface area contributed by atoms with Crippen LogP contribution in [0.3, 0.4) is 0 Å². The monoisotopic (exact) mass is 291 g/mol. The van der Waals surface area contributed by atoms with Gasteiger partial charge in [0.25, 0.3) is 0 Å². The summed E-state index contributed by atoms with van der Waals surface area (Å²) in [6.45, 7) is 5.99. The van der Waals surface area contributed by atoms with E-state index < -0.39 is 0 Å². The molecule has 0 unspecified atom stereocenters. The van der Waals surface area contributed by atoms with Crippen molar-refractivity contribution in [1.29, 1.82) is 0 Å². The summed E-state index contributed by atoms with van der Waals surface area (Å²) in [5.74, 6) is 1.36. The Bertz CT molecular complexity index is 630. The number of methoxy groups -OCH3 is 2. The fraction of sp³-hybridized carbons (Fsp3) is 0.467. The van der Waals surface area contributed by atoms with E-state index in [1.807, 2.05) is 39.0 Å². The number of hydrogen-bond donors (Lipinski definition) is 1. The van der Waals surface area contributed by atoms with Gasteiger partial charge in [-0.15, -0.1) is 5.10 Å². The van der Waals surface area contributed by atoms with Crippen LogP contribution in [-0.2, 0) is 12.0 Å². The minimum atomic E-state index is -0.227. The van der Waals surface area contributed by atoms with Crippen LogP contribution in [-0.4, -0.2) is 34.3 Å². The van der Waals surface area contributed by atoms with E-state index >= 15 is 0 Å². The van der Waals surface area contributed by atoms with Gasteiger partial charge < -0.3 is 14.6 Å². The van der Waals surface area contributed by atoms with E-state index in [1.54, 1.807) is 18.9 Å². The van der Waals surface area contributed by atoms with E-state index in [4.69, 9.17) is 9.47 Å². The van der Waals surface area contributed by atoms with Crippen molar-refractivity contribution < 1.29 is 14.6 Å². The molecular weight excluding hydrogens is 270 g/mol. The molecule has 2 rings (SSSR count). The predicted octanol–water partition coefficient (Wildman–Crippen LogP) is 2.07. The molecule has 1 aromatic carbocycles. The van der Waals surface area contributed by atoms with Gasteiger partial charge in [0, 0.05) is 11.5 Å². The van der Waals surface area contributed by atoms with Crippen LogP contribution in [0.15, 0.2) is 18.2 Å². The molecule has 0 aliphatic carbocycles. The van der Waals surface area contributed by atoms with Crippen molar-refractivity contribution >= 4 is 0 Å². The standard InChI is InChI=1S/C15H21N3O3/c1-15(2,3)14-11(9-19)16-17-18(14)12-8-10(20-4)6-7-13(12)21-5/h6-8,19H,9H2,1-5H3. The van der Waals surface area contributed by atoms with Crippen LogP contribution < -0.4 is 9.47 Å². The third-order valence-electron chi connectivity index (χ3n) is 3.21. The first-order chi connectivity index (χ1) is 9.92. The van der Waals surface area contributed by atoms with Gasteiger partial charge >= 0.3 is 0 Å². The summed E-state index contributed by atoms with van der Waals surface area (Å²) < 4.78 is 12.4. The molecule has 21 heavy (non-hydrogen) atoms. The number of nitrogens with zero attached hydrogens (tertiary/aromatic N) is 3. The summed E-state index contributed by atoms with van der Waals surface area (Å²) in [6, 6.07) is 5.48. The number of aliphatic hydroxyl groups is 1. The molecule has 6 heteroatoms. The van der Waals surface area contributed by atoms with E-state index in [2.05, 4.69) is 10.3 Å². The van der Waals surface area contributed by atoms with E-state index in [0.717, 1.165) is 11.4 Å². The molecule has 1 heterocycles. The summed E-state index contributed by atoms with van der Waals surface area (Å²) in [5, 5.41) is 17.8. The van der Waals surface area contributed by atoms with Gasteiger partial charge in [-0.3, -0.25) is 0 Å². The molecular formula is C15H21N3O3. The lowest BCUT2D eigenvalue weighted by molar-refractivity contribution is 0.273. The molecule has 1 N–H and O–H groups in total. The van der Waals surface area contributed by atoms with E-state index in [1.165, 1.54) is 0 Å². The van der Waals surface area contributed by atoms with Crippen LogP contribution in [0, 0.1) is 0 Å². The molecule has 0 saturated carbocycles. The SMILES string of the molecule is COc1ccc(OC)c(-n2nnc(CO)c2C(C)(C)C)c1.